The van der Waals surface area contributed by atoms with Crippen LogP contribution in [0.3, 0.4) is 0 Å². The van der Waals surface area contributed by atoms with Gasteiger partial charge in [-0.1, -0.05) is 35.0 Å². The highest BCUT2D eigenvalue weighted by atomic mass is 79.9. The number of nitrogens with one attached hydrogen (secondary N) is 1. The van der Waals surface area contributed by atoms with Gasteiger partial charge in [0.1, 0.15) is 17.1 Å². The first-order valence-corrected chi connectivity index (χ1v) is 11.2. The molecule has 4 rings (SSSR count). The van der Waals surface area contributed by atoms with Crippen LogP contribution in [-0.4, -0.2) is 50.7 Å². The molecule has 0 aliphatic heterocycles. The third kappa shape index (κ3) is 4.35. The number of hydrogen-bond acceptors (Lipinski definition) is 6. The number of halogens is 2. The number of anilines is 1. The molecule has 0 aliphatic carbocycles. The van der Waals surface area contributed by atoms with Crippen molar-refractivity contribution in [2.75, 3.05) is 25.5 Å². The molecule has 3 aromatic heterocycles. The van der Waals surface area contributed by atoms with Crippen LogP contribution in [0.25, 0.3) is 16.9 Å². The first-order chi connectivity index (χ1) is 15.4. The van der Waals surface area contributed by atoms with E-state index in [-0.39, 0.29) is 5.91 Å². The molecule has 3 heterocycles. The molecule has 0 bridgehead atoms. The van der Waals surface area contributed by atoms with Crippen LogP contribution >= 0.6 is 27.5 Å². The van der Waals surface area contributed by atoms with E-state index in [0.717, 1.165) is 28.0 Å². The summed E-state index contributed by atoms with van der Waals surface area (Å²) >= 11 is 9.90. The molecule has 0 saturated carbocycles. The Morgan fingerprint density at radius 2 is 2.09 bits per heavy atom. The van der Waals surface area contributed by atoms with Crippen LogP contribution in [0.1, 0.15) is 28.2 Å². The van der Waals surface area contributed by atoms with E-state index in [1.54, 1.807) is 36.5 Å². The lowest BCUT2D eigenvalue weighted by Crippen LogP contribution is -2.29. The maximum Gasteiger partial charge on any atom is 0.259 e. The van der Waals surface area contributed by atoms with Gasteiger partial charge in [0.2, 0.25) is 0 Å². The first-order valence-electron chi connectivity index (χ1n) is 10.1. The second kappa shape index (κ2) is 9.30. The minimum absolute atomic E-state index is 0.0930. The molecule has 1 amide bonds. The van der Waals surface area contributed by atoms with Crippen LogP contribution in [-0.2, 0) is 0 Å². The molecule has 0 saturated heterocycles. The standard InChI is InChI=1S/C22H22BrClN6O2/c1-13-20(14(2)32-28-13)22(31)29(3)10-6-9-25-19-11-18(15-7-4-5-8-17(15)24)27-21-16(23)12-26-30(19)21/h4-5,7-8,11-12,25H,6,9-10H2,1-3H3. The summed E-state index contributed by atoms with van der Waals surface area (Å²) < 4.78 is 7.64. The minimum atomic E-state index is -0.0930. The van der Waals surface area contributed by atoms with E-state index >= 15 is 0 Å². The van der Waals surface area contributed by atoms with Crippen molar-refractivity contribution >= 4 is 44.9 Å². The number of carbonyl (C=O) groups excluding carboxylic acids is 1. The van der Waals surface area contributed by atoms with E-state index in [2.05, 4.69) is 31.5 Å². The summed E-state index contributed by atoms with van der Waals surface area (Å²) in [5.74, 6) is 1.23. The number of amides is 1. The summed E-state index contributed by atoms with van der Waals surface area (Å²) in [6.07, 6.45) is 2.44. The van der Waals surface area contributed by atoms with Gasteiger partial charge in [-0.3, -0.25) is 4.79 Å². The van der Waals surface area contributed by atoms with Crippen molar-refractivity contribution in [2.24, 2.45) is 0 Å². The molecule has 10 heteroatoms. The van der Waals surface area contributed by atoms with Crippen LogP contribution in [0.15, 0.2) is 45.5 Å². The van der Waals surface area contributed by atoms with Crippen LogP contribution < -0.4 is 5.32 Å². The maximum atomic E-state index is 12.7. The fourth-order valence-electron chi connectivity index (χ4n) is 3.48. The molecule has 0 unspecified atom stereocenters. The Labute approximate surface area is 198 Å². The number of benzene rings is 1. The van der Waals surface area contributed by atoms with Gasteiger partial charge in [0.25, 0.3) is 5.91 Å². The van der Waals surface area contributed by atoms with Gasteiger partial charge >= 0.3 is 0 Å². The first kappa shape index (κ1) is 22.3. The number of rotatable bonds is 7. The highest BCUT2D eigenvalue weighted by Gasteiger charge is 2.20. The number of fused-ring (bicyclic) bond motifs is 1. The van der Waals surface area contributed by atoms with Crippen LogP contribution in [0, 0.1) is 13.8 Å². The normalized spacial score (nSPS) is 11.2. The highest BCUT2D eigenvalue weighted by molar-refractivity contribution is 9.10. The number of nitrogens with zero attached hydrogens (tertiary/aromatic N) is 5. The van der Waals surface area contributed by atoms with Crippen molar-refractivity contribution in [2.45, 2.75) is 20.3 Å². The molecule has 32 heavy (non-hydrogen) atoms. The minimum Gasteiger partial charge on any atom is -0.370 e. The molecular weight excluding hydrogens is 496 g/mol. The van der Waals surface area contributed by atoms with Crippen molar-refractivity contribution in [3.8, 4) is 11.3 Å². The predicted octanol–water partition coefficient (Wildman–Crippen LogP) is 4.99. The summed E-state index contributed by atoms with van der Waals surface area (Å²) in [5, 5.41) is 12.3. The Bertz CT molecular complexity index is 1270. The smallest absolute Gasteiger partial charge is 0.259 e. The monoisotopic (exact) mass is 516 g/mol. The molecular formula is C22H22BrClN6O2. The summed E-state index contributed by atoms with van der Waals surface area (Å²) in [5.41, 5.74) is 3.42. The third-order valence-electron chi connectivity index (χ3n) is 5.15. The van der Waals surface area contributed by atoms with Gasteiger partial charge in [-0.2, -0.15) is 9.61 Å². The summed E-state index contributed by atoms with van der Waals surface area (Å²) in [7, 11) is 1.78. The molecule has 1 aromatic carbocycles. The molecule has 0 atom stereocenters. The SMILES string of the molecule is Cc1noc(C)c1C(=O)N(C)CCCNc1cc(-c2ccccc2Cl)nc2c(Br)cnn12. The van der Waals surface area contributed by atoms with E-state index < -0.39 is 0 Å². The largest absolute Gasteiger partial charge is 0.370 e. The van der Waals surface area contributed by atoms with E-state index in [1.165, 1.54) is 0 Å². The third-order valence-corrected chi connectivity index (χ3v) is 6.04. The molecule has 1 N–H and O–H groups in total. The predicted molar refractivity (Wildman–Crippen MR) is 127 cm³/mol. The van der Waals surface area contributed by atoms with Crippen molar-refractivity contribution in [1.82, 2.24) is 24.7 Å². The second-order valence-corrected chi connectivity index (χ2v) is 8.70. The maximum absolute atomic E-state index is 12.7. The lowest BCUT2D eigenvalue weighted by Gasteiger charge is -2.17. The molecule has 0 aliphatic rings. The van der Waals surface area contributed by atoms with Crippen molar-refractivity contribution in [3.63, 3.8) is 0 Å². The van der Waals surface area contributed by atoms with Gasteiger partial charge in [0.15, 0.2) is 5.65 Å². The zero-order chi connectivity index (χ0) is 22.8. The van der Waals surface area contributed by atoms with E-state index in [4.69, 9.17) is 21.1 Å². The number of aromatic nitrogens is 4. The second-order valence-electron chi connectivity index (χ2n) is 7.44. The topological polar surface area (TPSA) is 88.6 Å². The Balaban J connectivity index is 1.47. The van der Waals surface area contributed by atoms with Gasteiger partial charge in [-0.25, -0.2) is 4.98 Å². The molecule has 0 fully saturated rings. The zero-order valence-corrected chi connectivity index (χ0v) is 20.2. The summed E-state index contributed by atoms with van der Waals surface area (Å²) in [6.45, 7) is 4.73. The fourth-order valence-corrected chi connectivity index (χ4v) is 4.06. The average Bonchev–Trinajstić information content (AvgIpc) is 3.32. The Kier molecular flexibility index (Phi) is 6.48. The average molecular weight is 518 g/mol. The summed E-state index contributed by atoms with van der Waals surface area (Å²) in [6, 6.07) is 9.51. The molecule has 8 nitrogen and oxygen atoms in total. The molecule has 166 valence electrons. The quantitative estimate of drug-likeness (QED) is 0.347. The number of carbonyl (C=O) groups is 1. The Morgan fingerprint density at radius 1 is 1.31 bits per heavy atom. The van der Waals surface area contributed by atoms with Gasteiger partial charge in [-0.15, -0.1) is 0 Å². The number of aryl methyl sites for hydroxylation is 2. The lowest BCUT2D eigenvalue weighted by atomic mass is 10.1. The summed E-state index contributed by atoms with van der Waals surface area (Å²) in [4.78, 5) is 19.1. The van der Waals surface area contributed by atoms with Crippen LogP contribution in [0.2, 0.25) is 5.02 Å². The van der Waals surface area contributed by atoms with E-state index in [0.29, 0.717) is 40.8 Å². The lowest BCUT2D eigenvalue weighted by molar-refractivity contribution is 0.0792. The van der Waals surface area contributed by atoms with Gasteiger partial charge in [0, 0.05) is 36.8 Å². The van der Waals surface area contributed by atoms with Crippen molar-refractivity contribution in [3.05, 3.63) is 63.0 Å². The molecule has 0 radical (unpaired) electrons. The molecule has 4 aromatic rings. The van der Waals surface area contributed by atoms with Gasteiger partial charge in [-0.05, 0) is 42.3 Å². The fraction of sp³-hybridized carbons (Fsp3) is 0.273. The van der Waals surface area contributed by atoms with Crippen LogP contribution in [0.4, 0.5) is 5.82 Å². The van der Waals surface area contributed by atoms with Crippen molar-refractivity contribution < 1.29 is 9.32 Å². The Hall–Kier alpha value is -2.91. The van der Waals surface area contributed by atoms with Gasteiger partial charge in [0.05, 0.1) is 22.1 Å². The zero-order valence-electron chi connectivity index (χ0n) is 17.9. The highest BCUT2D eigenvalue weighted by Crippen LogP contribution is 2.30. The molecule has 0 spiro atoms. The van der Waals surface area contributed by atoms with Gasteiger partial charge < -0.3 is 14.7 Å². The number of hydrogen-bond donors (Lipinski definition) is 1. The van der Waals surface area contributed by atoms with E-state index in [9.17, 15) is 4.79 Å². The Morgan fingerprint density at radius 3 is 2.81 bits per heavy atom. The van der Waals surface area contributed by atoms with E-state index in [1.807, 2.05) is 30.3 Å². The van der Waals surface area contributed by atoms with Crippen molar-refractivity contribution in [1.29, 1.82) is 0 Å². The van der Waals surface area contributed by atoms with Crippen LogP contribution in [0.5, 0.6) is 0 Å².